The van der Waals surface area contributed by atoms with Gasteiger partial charge in [-0.3, -0.25) is 9.69 Å². The van der Waals surface area contributed by atoms with Crippen molar-refractivity contribution in [3.63, 3.8) is 0 Å². The van der Waals surface area contributed by atoms with E-state index >= 15 is 0 Å². The lowest BCUT2D eigenvalue weighted by molar-refractivity contribution is 0.0721. The summed E-state index contributed by atoms with van der Waals surface area (Å²) in [6.07, 6.45) is 0.504. The third-order valence-corrected chi connectivity index (χ3v) is 5.66. The molecule has 0 saturated heterocycles. The maximum atomic E-state index is 14.2. The van der Waals surface area contributed by atoms with Crippen LogP contribution >= 0.6 is 11.3 Å². The van der Waals surface area contributed by atoms with Gasteiger partial charge in [0.1, 0.15) is 16.5 Å². The van der Waals surface area contributed by atoms with E-state index in [1.54, 1.807) is 23.6 Å². The third kappa shape index (κ3) is 4.48. The first kappa shape index (κ1) is 20.6. The number of fused-ring (bicyclic) bond motifs is 1. The van der Waals surface area contributed by atoms with Crippen LogP contribution in [0, 0.1) is 11.7 Å². The number of nitrogens with one attached hydrogen (secondary N) is 1. The van der Waals surface area contributed by atoms with Crippen molar-refractivity contribution in [2.75, 3.05) is 13.1 Å². The van der Waals surface area contributed by atoms with Gasteiger partial charge in [-0.15, -0.1) is 11.3 Å². The minimum Gasteiger partial charge on any atom is -0.392 e. The Labute approximate surface area is 167 Å². The first-order valence-corrected chi connectivity index (χ1v) is 10.4. The van der Waals surface area contributed by atoms with Gasteiger partial charge in [0.25, 0.3) is 5.56 Å². The molecule has 7 heteroatoms. The summed E-state index contributed by atoms with van der Waals surface area (Å²) < 4.78 is 14.2. The number of aliphatic hydroxyl groups excluding tert-OH is 1. The van der Waals surface area contributed by atoms with Gasteiger partial charge in [0.2, 0.25) is 0 Å². The zero-order valence-corrected chi connectivity index (χ0v) is 17.2. The number of halogens is 1. The van der Waals surface area contributed by atoms with E-state index in [0.717, 1.165) is 13.0 Å². The fraction of sp³-hybridized carbons (Fsp3) is 0.429. The highest BCUT2D eigenvalue weighted by Gasteiger charge is 2.18. The summed E-state index contributed by atoms with van der Waals surface area (Å²) in [5, 5.41) is 12.4. The van der Waals surface area contributed by atoms with Crippen LogP contribution in [-0.2, 0) is 6.54 Å². The van der Waals surface area contributed by atoms with E-state index in [9.17, 15) is 14.3 Å². The van der Waals surface area contributed by atoms with Crippen molar-refractivity contribution in [2.45, 2.75) is 39.8 Å². The molecular formula is C21H26FN3O2S. The highest BCUT2D eigenvalue weighted by Crippen LogP contribution is 2.32. The smallest absolute Gasteiger partial charge is 0.260 e. The number of aromatic amines is 1. The highest BCUT2D eigenvalue weighted by molar-refractivity contribution is 7.17. The molecule has 0 amide bonds. The lowest BCUT2D eigenvalue weighted by Gasteiger charge is -2.25. The summed E-state index contributed by atoms with van der Waals surface area (Å²) in [4.78, 5) is 22.9. The molecule has 0 radical (unpaired) electrons. The molecule has 0 aliphatic carbocycles. The van der Waals surface area contributed by atoms with Gasteiger partial charge in [0.05, 0.1) is 18.0 Å². The summed E-state index contributed by atoms with van der Waals surface area (Å²) in [6.45, 7) is 7.83. The van der Waals surface area contributed by atoms with Gasteiger partial charge in [0.15, 0.2) is 0 Å². The lowest BCUT2D eigenvalue weighted by atomic mass is 10.1. The van der Waals surface area contributed by atoms with E-state index in [2.05, 4.69) is 21.8 Å². The van der Waals surface area contributed by atoms with E-state index in [0.29, 0.717) is 40.3 Å². The Balaban J connectivity index is 1.92. The molecule has 2 aromatic heterocycles. The van der Waals surface area contributed by atoms with Gasteiger partial charge >= 0.3 is 0 Å². The molecule has 0 saturated carbocycles. The van der Waals surface area contributed by atoms with Gasteiger partial charge in [-0.25, -0.2) is 9.37 Å². The van der Waals surface area contributed by atoms with Gasteiger partial charge in [-0.1, -0.05) is 39.0 Å². The van der Waals surface area contributed by atoms with E-state index in [1.807, 2.05) is 13.8 Å². The molecular weight excluding hydrogens is 377 g/mol. The summed E-state index contributed by atoms with van der Waals surface area (Å²) in [5.74, 6) is 0.362. The average Bonchev–Trinajstić information content (AvgIpc) is 3.06. The van der Waals surface area contributed by atoms with Crippen molar-refractivity contribution in [1.82, 2.24) is 14.9 Å². The number of nitrogens with zero attached hydrogens (tertiary/aromatic N) is 2. The fourth-order valence-electron chi connectivity index (χ4n) is 3.18. The molecule has 0 bridgehead atoms. The zero-order chi connectivity index (χ0) is 20.3. The summed E-state index contributed by atoms with van der Waals surface area (Å²) >= 11 is 1.34. The first-order valence-electron chi connectivity index (χ1n) is 9.56. The molecule has 1 unspecified atom stereocenters. The second-order valence-electron chi connectivity index (χ2n) is 7.37. The third-order valence-electron chi connectivity index (χ3n) is 4.79. The lowest BCUT2D eigenvalue weighted by Crippen LogP contribution is -2.36. The molecule has 1 atom stereocenters. The number of rotatable bonds is 8. The Hall–Kier alpha value is -2.09. The molecule has 28 heavy (non-hydrogen) atoms. The van der Waals surface area contributed by atoms with Crippen molar-refractivity contribution in [2.24, 2.45) is 5.92 Å². The molecule has 2 N–H and O–H groups in total. The number of hydrogen-bond acceptors (Lipinski definition) is 5. The average molecular weight is 404 g/mol. The molecule has 3 rings (SSSR count). The largest absolute Gasteiger partial charge is 0.392 e. The number of aromatic nitrogens is 2. The molecule has 150 valence electrons. The van der Waals surface area contributed by atoms with E-state index in [-0.39, 0.29) is 17.3 Å². The van der Waals surface area contributed by atoms with Crippen LogP contribution in [-0.4, -0.2) is 39.2 Å². The zero-order valence-electron chi connectivity index (χ0n) is 16.4. The monoisotopic (exact) mass is 403 g/mol. The second kappa shape index (κ2) is 8.94. The number of thiophene rings is 1. The van der Waals surface area contributed by atoms with Crippen molar-refractivity contribution < 1.29 is 9.50 Å². The van der Waals surface area contributed by atoms with Crippen LogP contribution in [0.1, 0.15) is 33.0 Å². The SMILES string of the molecule is CCCN(Cc1nc2scc(-c3ccccc3F)c2c(=O)[nH]1)CC(O)C(C)C. The molecule has 5 nitrogen and oxygen atoms in total. The predicted octanol–water partition coefficient (Wildman–Crippen LogP) is 4.02. The maximum absolute atomic E-state index is 14.2. The molecule has 1 aromatic carbocycles. The molecule has 0 aliphatic rings. The molecule has 0 fully saturated rings. The predicted molar refractivity (Wildman–Crippen MR) is 112 cm³/mol. The Morgan fingerprint density at radius 3 is 2.71 bits per heavy atom. The fourth-order valence-corrected chi connectivity index (χ4v) is 4.14. The van der Waals surface area contributed by atoms with Crippen LogP contribution in [0.4, 0.5) is 4.39 Å². The minimum atomic E-state index is -0.434. The normalized spacial score (nSPS) is 13.0. The number of H-pyrrole nitrogens is 1. The first-order chi connectivity index (χ1) is 13.4. The van der Waals surface area contributed by atoms with Crippen LogP contribution < -0.4 is 5.56 Å². The Kier molecular flexibility index (Phi) is 6.59. The standard InChI is InChI=1S/C21H26FN3O2S/c1-4-9-25(10-17(26)13(2)3)11-18-23-20(27)19-15(12-28-21(19)24-18)14-7-5-6-8-16(14)22/h5-8,12-13,17,26H,4,9-11H2,1-3H3,(H,23,24,27). The molecule has 3 aromatic rings. The second-order valence-corrected chi connectivity index (χ2v) is 8.23. The van der Waals surface area contributed by atoms with E-state index < -0.39 is 6.10 Å². The number of benzene rings is 1. The van der Waals surface area contributed by atoms with Crippen molar-refractivity contribution in [1.29, 1.82) is 0 Å². The van der Waals surface area contributed by atoms with Crippen molar-refractivity contribution >= 4 is 21.6 Å². The Morgan fingerprint density at radius 2 is 2.04 bits per heavy atom. The van der Waals surface area contributed by atoms with E-state index in [1.165, 1.54) is 17.4 Å². The highest BCUT2D eigenvalue weighted by atomic mass is 32.1. The molecule has 0 aliphatic heterocycles. The van der Waals surface area contributed by atoms with Crippen molar-refractivity contribution in [3.05, 3.63) is 51.6 Å². The Bertz CT molecular complexity index is 999. The quantitative estimate of drug-likeness (QED) is 0.596. The van der Waals surface area contributed by atoms with Gasteiger partial charge in [-0.2, -0.15) is 0 Å². The molecule has 0 spiro atoms. The maximum Gasteiger partial charge on any atom is 0.260 e. The number of aliphatic hydroxyl groups is 1. The van der Waals surface area contributed by atoms with Gasteiger partial charge < -0.3 is 10.1 Å². The minimum absolute atomic E-state index is 0.162. The topological polar surface area (TPSA) is 69.2 Å². The van der Waals surface area contributed by atoms with E-state index in [4.69, 9.17) is 0 Å². The van der Waals surface area contributed by atoms with Crippen LogP contribution in [0.3, 0.4) is 0 Å². The summed E-state index contributed by atoms with van der Waals surface area (Å²) in [5.41, 5.74) is 0.709. The van der Waals surface area contributed by atoms with Gasteiger partial charge in [-0.05, 0) is 24.9 Å². The van der Waals surface area contributed by atoms with Gasteiger partial charge in [0, 0.05) is 23.1 Å². The Morgan fingerprint density at radius 1 is 1.29 bits per heavy atom. The van der Waals surface area contributed by atoms with Crippen LogP contribution in [0.2, 0.25) is 0 Å². The van der Waals surface area contributed by atoms with Crippen molar-refractivity contribution in [3.8, 4) is 11.1 Å². The van der Waals surface area contributed by atoms with Crippen LogP contribution in [0.5, 0.6) is 0 Å². The van der Waals surface area contributed by atoms with Crippen LogP contribution in [0.25, 0.3) is 21.3 Å². The van der Waals surface area contributed by atoms with Crippen LogP contribution in [0.15, 0.2) is 34.4 Å². The number of hydrogen-bond donors (Lipinski definition) is 2. The summed E-state index contributed by atoms with van der Waals surface area (Å²) in [6, 6.07) is 6.43. The summed E-state index contributed by atoms with van der Waals surface area (Å²) in [7, 11) is 0. The molecule has 2 heterocycles.